The van der Waals surface area contributed by atoms with Crippen LogP contribution >= 0.6 is 27.3 Å². The van der Waals surface area contributed by atoms with E-state index in [-0.39, 0.29) is 0 Å². The Morgan fingerprint density at radius 1 is 1.39 bits per heavy atom. The van der Waals surface area contributed by atoms with Gasteiger partial charge in [0.15, 0.2) is 0 Å². The van der Waals surface area contributed by atoms with Crippen molar-refractivity contribution in [2.24, 2.45) is 0 Å². The number of rotatable bonds is 9. The van der Waals surface area contributed by atoms with Gasteiger partial charge in [0.2, 0.25) is 0 Å². The summed E-state index contributed by atoms with van der Waals surface area (Å²) in [5, 5.41) is 5.73. The summed E-state index contributed by atoms with van der Waals surface area (Å²) in [7, 11) is 0. The molecule has 4 heteroatoms. The summed E-state index contributed by atoms with van der Waals surface area (Å²) in [6.07, 6.45) is 2.53. The van der Waals surface area contributed by atoms with Crippen LogP contribution in [0, 0.1) is 0 Å². The van der Waals surface area contributed by atoms with Crippen LogP contribution in [0.15, 0.2) is 15.9 Å². The van der Waals surface area contributed by atoms with Gasteiger partial charge < -0.3 is 10.2 Å². The third-order valence-electron chi connectivity index (χ3n) is 3.25. The van der Waals surface area contributed by atoms with Gasteiger partial charge in [-0.05, 0) is 61.4 Å². The van der Waals surface area contributed by atoms with Crippen LogP contribution < -0.4 is 5.32 Å². The van der Waals surface area contributed by atoms with Crippen molar-refractivity contribution in [2.45, 2.75) is 46.2 Å². The first-order valence-corrected chi connectivity index (χ1v) is 8.51. The van der Waals surface area contributed by atoms with Crippen molar-refractivity contribution in [2.75, 3.05) is 19.6 Å². The summed E-state index contributed by atoms with van der Waals surface area (Å²) >= 11 is 5.30. The molecule has 1 unspecified atom stereocenters. The fraction of sp³-hybridized carbons (Fsp3) is 0.714. The molecule has 1 N–H and O–H groups in total. The van der Waals surface area contributed by atoms with Gasteiger partial charge >= 0.3 is 0 Å². The molecule has 0 saturated carbocycles. The zero-order valence-corrected chi connectivity index (χ0v) is 14.1. The summed E-state index contributed by atoms with van der Waals surface area (Å²) in [6, 6.07) is 2.79. The van der Waals surface area contributed by atoms with Gasteiger partial charge in [0.05, 0.1) is 0 Å². The maximum atomic E-state index is 3.59. The van der Waals surface area contributed by atoms with E-state index in [9.17, 15) is 0 Å². The molecule has 0 radical (unpaired) electrons. The van der Waals surface area contributed by atoms with Crippen molar-refractivity contribution in [1.29, 1.82) is 0 Å². The molecule has 0 aromatic carbocycles. The topological polar surface area (TPSA) is 15.3 Å². The van der Waals surface area contributed by atoms with E-state index in [0.717, 1.165) is 6.54 Å². The fourth-order valence-corrected chi connectivity index (χ4v) is 3.39. The lowest BCUT2D eigenvalue weighted by atomic mass is 10.1. The number of hydrogen-bond donors (Lipinski definition) is 1. The normalized spacial score (nSPS) is 13.2. The lowest BCUT2D eigenvalue weighted by Gasteiger charge is -2.19. The largest absolute Gasteiger partial charge is 0.309 e. The van der Waals surface area contributed by atoms with Gasteiger partial charge in [0.1, 0.15) is 0 Å². The number of hydrogen-bond acceptors (Lipinski definition) is 3. The van der Waals surface area contributed by atoms with E-state index in [4.69, 9.17) is 0 Å². The molecule has 0 saturated heterocycles. The van der Waals surface area contributed by atoms with Crippen LogP contribution in [0.25, 0.3) is 0 Å². The molecule has 18 heavy (non-hydrogen) atoms. The van der Waals surface area contributed by atoms with Crippen molar-refractivity contribution in [3.05, 3.63) is 20.8 Å². The van der Waals surface area contributed by atoms with E-state index in [2.05, 4.69) is 58.4 Å². The maximum Gasteiger partial charge on any atom is 0.0302 e. The molecule has 0 bridgehead atoms. The second-order valence-corrected chi connectivity index (χ2v) is 6.59. The zero-order chi connectivity index (χ0) is 13.4. The van der Waals surface area contributed by atoms with Gasteiger partial charge in [0, 0.05) is 27.3 Å². The van der Waals surface area contributed by atoms with Crippen LogP contribution in [0.4, 0.5) is 0 Å². The SMILES string of the molecule is CCN(CC)CCCC(C)NCc1cc(Br)cs1. The van der Waals surface area contributed by atoms with Gasteiger partial charge in [-0.15, -0.1) is 11.3 Å². The van der Waals surface area contributed by atoms with Crippen molar-refractivity contribution < 1.29 is 0 Å². The minimum Gasteiger partial charge on any atom is -0.309 e. The molecular weight excluding hydrogens is 308 g/mol. The Kier molecular flexibility index (Phi) is 8.15. The van der Waals surface area contributed by atoms with Crippen LogP contribution in [0.2, 0.25) is 0 Å². The van der Waals surface area contributed by atoms with Crippen molar-refractivity contribution in [3.8, 4) is 0 Å². The molecule has 1 rings (SSSR count). The lowest BCUT2D eigenvalue weighted by molar-refractivity contribution is 0.290. The highest BCUT2D eigenvalue weighted by molar-refractivity contribution is 9.10. The third kappa shape index (κ3) is 6.32. The van der Waals surface area contributed by atoms with Gasteiger partial charge in [-0.2, -0.15) is 0 Å². The summed E-state index contributed by atoms with van der Waals surface area (Å²) < 4.78 is 1.19. The summed E-state index contributed by atoms with van der Waals surface area (Å²) in [4.78, 5) is 3.89. The molecular formula is C14H25BrN2S. The van der Waals surface area contributed by atoms with Crippen LogP contribution in [0.1, 0.15) is 38.5 Å². The molecule has 1 heterocycles. The molecule has 0 fully saturated rings. The molecule has 0 aliphatic heterocycles. The van der Waals surface area contributed by atoms with E-state index in [1.807, 2.05) is 11.3 Å². The van der Waals surface area contributed by atoms with Gasteiger partial charge in [-0.25, -0.2) is 0 Å². The minimum absolute atomic E-state index is 0.599. The Labute approximate surface area is 124 Å². The predicted octanol–water partition coefficient (Wildman–Crippen LogP) is 4.11. The monoisotopic (exact) mass is 332 g/mol. The van der Waals surface area contributed by atoms with Crippen LogP contribution in [-0.2, 0) is 6.54 Å². The molecule has 0 aliphatic carbocycles. The molecule has 1 aromatic heterocycles. The first-order valence-electron chi connectivity index (χ1n) is 6.84. The quantitative estimate of drug-likeness (QED) is 0.732. The summed E-state index contributed by atoms with van der Waals surface area (Å²) in [5.41, 5.74) is 0. The second-order valence-electron chi connectivity index (χ2n) is 4.68. The molecule has 104 valence electrons. The van der Waals surface area contributed by atoms with Crippen molar-refractivity contribution >= 4 is 27.3 Å². The molecule has 0 spiro atoms. The van der Waals surface area contributed by atoms with Gasteiger partial charge in [-0.3, -0.25) is 0 Å². The highest BCUT2D eigenvalue weighted by Crippen LogP contribution is 2.19. The van der Waals surface area contributed by atoms with Crippen LogP contribution in [0.3, 0.4) is 0 Å². The van der Waals surface area contributed by atoms with E-state index >= 15 is 0 Å². The first kappa shape index (κ1) is 16.2. The molecule has 2 nitrogen and oxygen atoms in total. The first-order chi connectivity index (χ1) is 8.65. The number of thiophene rings is 1. The van der Waals surface area contributed by atoms with E-state index in [1.54, 1.807) is 0 Å². The molecule has 1 atom stereocenters. The Morgan fingerprint density at radius 2 is 2.11 bits per heavy atom. The third-order valence-corrected chi connectivity index (χ3v) is 4.95. The Bertz CT molecular complexity index is 323. The van der Waals surface area contributed by atoms with E-state index in [0.29, 0.717) is 6.04 Å². The van der Waals surface area contributed by atoms with E-state index < -0.39 is 0 Å². The highest BCUT2D eigenvalue weighted by atomic mass is 79.9. The Morgan fingerprint density at radius 3 is 2.67 bits per heavy atom. The number of nitrogens with one attached hydrogen (secondary N) is 1. The van der Waals surface area contributed by atoms with Gasteiger partial charge in [-0.1, -0.05) is 13.8 Å². The van der Waals surface area contributed by atoms with Crippen molar-refractivity contribution in [3.63, 3.8) is 0 Å². The predicted molar refractivity (Wildman–Crippen MR) is 85.3 cm³/mol. The molecule has 0 aliphatic rings. The lowest BCUT2D eigenvalue weighted by Crippen LogP contribution is -2.28. The minimum atomic E-state index is 0.599. The van der Waals surface area contributed by atoms with Gasteiger partial charge in [0.25, 0.3) is 0 Å². The standard InChI is InChI=1S/C14H25BrN2S/c1-4-17(5-2)8-6-7-12(3)16-10-14-9-13(15)11-18-14/h9,11-12,16H,4-8,10H2,1-3H3. The Balaban J connectivity index is 2.12. The average Bonchev–Trinajstić information content (AvgIpc) is 2.78. The van der Waals surface area contributed by atoms with Crippen molar-refractivity contribution in [1.82, 2.24) is 10.2 Å². The molecule has 0 amide bonds. The average molecular weight is 333 g/mol. The highest BCUT2D eigenvalue weighted by Gasteiger charge is 2.04. The summed E-state index contributed by atoms with van der Waals surface area (Å²) in [5.74, 6) is 0. The Hall–Kier alpha value is 0.1000. The smallest absolute Gasteiger partial charge is 0.0302 e. The zero-order valence-electron chi connectivity index (χ0n) is 11.7. The number of halogens is 1. The molecule has 1 aromatic rings. The number of nitrogens with zero attached hydrogens (tertiary/aromatic N) is 1. The maximum absolute atomic E-state index is 3.59. The van der Waals surface area contributed by atoms with Crippen LogP contribution in [0.5, 0.6) is 0 Å². The van der Waals surface area contributed by atoms with Crippen LogP contribution in [-0.4, -0.2) is 30.6 Å². The second kappa shape index (κ2) is 9.08. The fourth-order valence-electron chi connectivity index (χ4n) is 1.98. The summed E-state index contributed by atoms with van der Waals surface area (Å²) in [6.45, 7) is 11.3. The van der Waals surface area contributed by atoms with E-state index in [1.165, 1.54) is 41.8 Å².